The van der Waals surface area contributed by atoms with E-state index in [0.717, 1.165) is 71.4 Å². The van der Waals surface area contributed by atoms with Crippen LogP contribution in [0.4, 0.5) is 0 Å². The van der Waals surface area contributed by atoms with Gasteiger partial charge in [-0.3, -0.25) is 14.5 Å². The number of morpholine rings is 1. The number of rotatable bonds is 7. The highest BCUT2D eigenvalue weighted by molar-refractivity contribution is 5.81. The van der Waals surface area contributed by atoms with Crippen molar-refractivity contribution in [1.82, 2.24) is 15.5 Å². The van der Waals surface area contributed by atoms with Gasteiger partial charge in [-0.1, -0.05) is 20.8 Å². The van der Waals surface area contributed by atoms with Gasteiger partial charge in [0.05, 0.1) is 19.3 Å². The van der Waals surface area contributed by atoms with Gasteiger partial charge in [-0.25, -0.2) is 0 Å². The van der Waals surface area contributed by atoms with Crippen LogP contribution in [-0.2, 0) is 14.3 Å². The number of carbonyl (C=O) groups excluding carboxylic acids is 2. The Morgan fingerprint density at radius 3 is 2.53 bits per heavy atom. The number of aliphatic hydroxyl groups is 1. The van der Waals surface area contributed by atoms with Crippen molar-refractivity contribution < 1.29 is 19.4 Å². The summed E-state index contributed by atoms with van der Waals surface area (Å²) in [5.41, 5.74) is 0.0860. The first-order chi connectivity index (χ1) is 15.3. The van der Waals surface area contributed by atoms with Gasteiger partial charge in [0.1, 0.15) is 0 Å². The Hall–Kier alpha value is -1.18. The van der Waals surface area contributed by atoms with Gasteiger partial charge in [-0.2, -0.15) is 0 Å². The van der Waals surface area contributed by atoms with E-state index in [1.165, 1.54) is 0 Å². The van der Waals surface area contributed by atoms with Crippen molar-refractivity contribution in [2.45, 2.75) is 71.4 Å². The molecule has 0 bridgehead atoms. The Balaban J connectivity index is 1.33. The molecule has 0 aromatic carbocycles. The van der Waals surface area contributed by atoms with Crippen molar-refractivity contribution in [3.63, 3.8) is 0 Å². The third kappa shape index (κ3) is 5.15. The lowest BCUT2D eigenvalue weighted by atomic mass is 9.51. The van der Waals surface area contributed by atoms with Crippen LogP contribution >= 0.6 is 0 Å². The van der Waals surface area contributed by atoms with Crippen LogP contribution in [0.15, 0.2) is 0 Å². The molecule has 4 aliphatic rings. The molecule has 7 nitrogen and oxygen atoms in total. The van der Waals surface area contributed by atoms with Crippen LogP contribution in [0.1, 0.15) is 59.3 Å². The molecule has 4 rings (SSSR count). The van der Waals surface area contributed by atoms with Crippen LogP contribution in [0.3, 0.4) is 0 Å². The molecule has 0 radical (unpaired) electrons. The Morgan fingerprint density at radius 2 is 1.84 bits per heavy atom. The zero-order chi connectivity index (χ0) is 22.9. The number of hydrogen-bond donors (Lipinski definition) is 3. The highest BCUT2D eigenvalue weighted by Crippen LogP contribution is 2.55. The molecule has 0 aromatic heterocycles. The molecule has 7 atom stereocenters. The molecule has 1 aliphatic heterocycles. The summed E-state index contributed by atoms with van der Waals surface area (Å²) < 4.78 is 5.38. The first-order valence-corrected chi connectivity index (χ1v) is 12.9. The molecule has 182 valence electrons. The summed E-state index contributed by atoms with van der Waals surface area (Å²) in [6, 6.07) is 0.132. The lowest BCUT2D eigenvalue weighted by Crippen LogP contribution is -2.58. The molecule has 32 heavy (non-hydrogen) atoms. The molecule has 1 heterocycles. The number of fused-ring (bicyclic) bond motifs is 1. The van der Waals surface area contributed by atoms with E-state index >= 15 is 0 Å². The summed E-state index contributed by atoms with van der Waals surface area (Å²) in [4.78, 5) is 27.6. The smallest absolute Gasteiger partial charge is 0.223 e. The average molecular weight is 450 g/mol. The molecule has 0 aromatic rings. The molecule has 3 saturated carbocycles. The van der Waals surface area contributed by atoms with Gasteiger partial charge in [0.2, 0.25) is 11.8 Å². The molecule has 7 heteroatoms. The summed E-state index contributed by atoms with van der Waals surface area (Å²) in [5, 5.41) is 17.9. The Labute approximate surface area is 193 Å². The Morgan fingerprint density at radius 1 is 1.16 bits per heavy atom. The molecular formula is C25H43N3O4. The third-order valence-corrected chi connectivity index (χ3v) is 9.05. The predicted molar refractivity (Wildman–Crippen MR) is 123 cm³/mol. The Bertz CT molecular complexity index is 678. The van der Waals surface area contributed by atoms with Crippen LogP contribution in [0.2, 0.25) is 0 Å². The number of aliphatic hydroxyl groups excluding tert-OH is 1. The zero-order valence-electron chi connectivity index (χ0n) is 20.1. The molecule has 1 saturated heterocycles. The maximum absolute atomic E-state index is 12.9. The summed E-state index contributed by atoms with van der Waals surface area (Å²) in [6.07, 6.45) is 5.46. The molecule has 3 N–H and O–H groups in total. The van der Waals surface area contributed by atoms with Crippen molar-refractivity contribution in [3.05, 3.63) is 0 Å². The monoisotopic (exact) mass is 449 g/mol. The van der Waals surface area contributed by atoms with Crippen molar-refractivity contribution in [1.29, 1.82) is 0 Å². The molecular weight excluding hydrogens is 406 g/mol. The van der Waals surface area contributed by atoms with Crippen molar-refractivity contribution in [3.8, 4) is 0 Å². The van der Waals surface area contributed by atoms with Gasteiger partial charge in [0.25, 0.3) is 0 Å². The second-order valence-electron chi connectivity index (χ2n) is 11.2. The standard InChI is InChI=1S/C25H43N3O4/c1-16(23(30)26-10-11-28-12-14-32-15-13-28)19-6-8-25(3)9-7-20(17(2)21(25)22(19)29)27-24(31)18-4-5-18/h16-22,29H,4-15H2,1-3H3,(H,26,30)(H,27,31)/t16-,17+,19?,20-,21+,22-,25-/m0/s1. The summed E-state index contributed by atoms with van der Waals surface area (Å²) in [6.45, 7) is 11.3. The minimum absolute atomic E-state index is 0.0307. The second kappa shape index (κ2) is 9.98. The molecule has 1 unspecified atom stereocenters. The van der Waals surface area contributed by atoms with E-state index in [2.05, 4.69) is 29.4 Å². The largest absolute Gasteiger partial charge is 0.392 e. The minimum atomic E-state index is -0.510. The normalized spacial score (nSPS) is 39.1. The van der Waals surface area contributed by atoms with Crippen molar-refractivity contribution in [2.75, 3.05) is 39.4 Å². The number of ether oxygens (including phenoxy) is 1. The summed E-state index contributed by atoms with van der Waals surface area (Å²) >= 11 is 0. The van der Waals surface area contributed by atoms with E-state index in [1.807, 2.05) is 6.92 Å². The van der Waals surface area contributed by atoms with Gasteiger partial charge >= 0.3 is 0 Å². The average Bonchev–Trinajstić information content (AvgIpc) is 3.62. The number of hydrogen-bond acceptors (Lipinski definition) is 5. The fourth-order valence-corrected chi connectivity index (χ4v) is 6.66. The fraction of sp³-hybridized carbons (Fsp3) is 0.920. The zero-order valence-corrected chi connectivity index (χ0v) is 20.1. The molecule has 2 amide bonds. The van der Waals surface area contributed by atoms with Crippen LogP contribution in [-0.4, -0.2) is 73.4 Å². The fourth-order valence-electron chi connectivity index (χ4n) is 6.66. The first-order valence-electron chi connectivity index (χ1n) is 12.9. The Kier molecular flexibility index (Phi) is 7.47. The van der Waals surface area contributed by atoms with E-state index in [0.29, 0.717) is 6.54 Å². The summed E-state index contributed by atoms with van der Waals surface area (Å²) in [7, 11) is 0. The lowest BCUT2D eigenvalue weighted by molar-refractivity contribution is -0.144. The van der Waals surface area contributed by atoms with Crippen LogP contribution in [0.25, 0.3) is 0 Å². The van der Waals surface area contributed by atoms with Gasteiger partial charge in [0, 0.05) is 44.1 Å². The lowest BCUT2D eigenvalue weighted by Gasteiger charge is -2.56. The molecule has 3 aliphatic carbocycles. The van der Waals surface area contributed by atoms with Gasteiger partial charge in [-0.05, 0) is 61.7 Å². The van der Waals surface area contributed by atoms with Gasteiger partial charge in [0.15, 0.2) is 0 Å². The quantitative estimate of drug-likeness (QED) is 0.551. The first kappa shape index (κ1) is 24.0. The van der Waals surface area contributed by atoms with Gasteiger partial charge in [-0.15, -0.1) is 0 Å². The highest BCUT2D eigenvalue weighted by atomic mass is 16.5. The van der Waals surface area contributed by atoms with E-state index in [9.17, 15) is 14.7 Å². The van der Waals surface area contributed by atoms with Crippen LogP contribution in [0.5, 0.6) is 0 Å². The predicted octanol–water partition coefficient (Wildman–Crippen LogP) is 1.79. The minimum Gasteiger partial charge on any atom is -0.392 e. The maximum Gasteiger partial charge on any atom is 0.223 e. The van der Waals surface area contributed by atoms with Gasteiger partial charge < -0.3 is 20.5 Å². The topological polar surface area (TPSA) is 90.9 Å². The van der Waals surface area contributed by atoms with E-state index in [1.54, 1.807) is 0 Å². The van der Waals surface area contributed by atoms with E-state index in [-0.39, 0.29) is 52.9 Å². The van der Waals surface area contributed by atoms with Crippen molar-refractivity contribution >= 4 is 11.8 Å². The van der Waals surface area contributed by atoms with Crippen molar-refractivity contribution in [2.24, 2.45) is 35.0 Å². The van der Waals surface area contributed by atoms with Crippen LogP contribution in [0, 0.1) is 35.0 Å². The molecule has 0 spiro atoms. The number of amides is 2. The van der Waals surface area contributed by atoms with E-state index < -0.39 is 6.10 Å². The maximum atomic E-state index is 12.9. The SMILES string of the molecule is C[C@H]1[C@@H]2[C@@H](O)C([C@H](C)C(=O)NCCN3CCOCC3)CC[C@@]2(C)CC[C@@H]1NC(=O)C1CC1. The third-order valence-electron chi connectivity index (χ3n) is 9.05. The number of nitrogens with zero attached hydrogens (tertiary/aromatic N) is 1. The van der Waals surface area contributed by atoms with E-state index in [4.69, 9.17) is 4.74 Å². The van der Waals surface area contributed by atoms with Crippen LogP contribution < -0.4 is 10.6 Å². The number of carbonyl (C=O) groups is 2. The highest BCUT2D eigenvalue weighted by Gasteiger charge is 2.54. The number of nitrogens with one attached hydrogen (secondary N) is 2. The summed E-state index contributed by atoms with van der Waals surface area (Å²) in [5.74, 6) is 0.535. The molecule has 4 fully saturated rings. The second-order valence-corrected chi connectivity index (χ2v) is 11.2.